The molecule has 1 aromatic heterocycles. The molecule has 100 valence electrons. The number of carbonyl (C=O) groups is 1. The average molecular weight is 266 g/mol. The molecular weight excluding hydrogens is 252 g/mol. The largest absolute Gasteiger partial charge is 0.287 e. The fraction of sp³-hybridized carbons (Fsp3) is 0.200. The molecule has 5 heteroatoms. The van der Waals surface area contributed by atoms with Gasteiger partial charge in [-0.25, -0.2) is 0 Å². The highest BCUT2D eigenvalue weighted by molar-refractivity contribution is 5.95. The summed E-state index contributed by atoms with van der Waals surface area (Å²) < 4.78 is 0. The van der Waals surface area contributed by atoms with Gasteiger partial charge in [-0.3, -0.25) is 9.78 Å². The predicted octanol–water partition coefficient (Wildman–Crippen LogP) is 3.63. The summed E-state index contributed by atoms with van der Waals surface area (Å²) in [6.07, 6.45) is 1.59. The minimum Gasteiger partial charge on any atom is -0.287 e. The van der Waals surface area contributed by atoms with Crippen molar-refractivity contribution in [2.24, 2.45) is 5.11 Å². The van der Waals surface area contributed by atoms with Crippen molar-refractivity contribution in [2.75, 3.05) is 0 Å². The summed E-state index contributed by atoms with van der Waals surface area (Å²) in [4.78, 5) is 18.5. The maximum Gasteiger partial charge on any atom is 0.249 e. The van der Waals surface area contributed by atoms with Crippen molar-refractivity contribution in [1.82, 2.24) is 4.98 Å². The highest BCUT2D eigenvalue weighted by Crippen LogP contribution is 2.11. The molecule has 2 rings (SSSR count). The van der Waals surface area contributed by atoms with Gasteiger partial charge in [0, 0.05) is 21.9 Å². The maximum atomic E-state index is 11.6. The molecule has 0 saturated carbocycles. The fourth-order valence-corrected chi connectivity index (χ4v) is 2.00. The Morgan fingerprint density at radius 3 is 2.70 bits per heavy atom. The standard InChI is InChI=1S/C15H14N4O/c1-11-9-13(15(20)18-19-16)10-14(17-11)8-7-12-5-3-2-4-6-12/h2-6,9-10H,7-8H2,1H3. The molecule has 0 bridgehead atoms. The zero-order valence-corrected chi connectivity index (χ0v) is 11.2. The number of amides is 1. The Morgan fingerprint density at radius 2 is 2.00 bits per heavy atom. The summed E-state index contributed by atoms with van der Waals surface area (Å²) in [6.45, 7) is 1.82. The molecule has 0 aliphatic carbocycles. The highest BCUT2D eigenvalue weighted by Gasteiger charge is 2.07. The smallest absolute Gasteiger partial charge is 0.249 e. The molecule has 1 amide bonds. The van der Waals surface area contributed by atoms with Crippen LogP contribution in [0.4, 0.5) is 0 Å². The predicted molar refractivity (Wildman–Crippen MR) is 76.3 cm³/mol. The zero-order chi connectivity index (χ0) is 14.4. The van der Waals surface area contributed by atoms with Crippen molar-refractivity contribution in [1.29, 1.82) is 0 Å². The van der Waals surface area contributed by atoms with Gasteiger partial charge < -0.3 is 0 Å². The van der Waals surface area contributed by atoms with Crippen molar-refractivity contribution in [3.63, 3.8) is 0 Å². The average Bonchev–Trinajstić information content (AvgIpc) is 2.46. The van der Waals surface area contributed by atoms with Gasteiger partial charge in [0.25, 0.3) is 0 Å². The number of hydrogen-bond acceptors (Lipinski definition) is 2. The first-order valence-corrected chi connectivity index (χ1v) is 6.30. The lowest BCUT2D eigenvalue weighted by atomic mass is 10.1. The number of aryl methyl sites for hydroxylation is 3. The zero-order valence-electron chi connectivity index (χ0n) is 11.2. The monoisotopic (exact) mass is 266 g/mol. The molecule has 0 spiro atoms. The molecule has 5 nitrogen and oxygen atoms in total. The van der Waals surface area contributed by atoms with Gasteiger partial charge in [0.2, 0.25) is 5.91 Å². The number of nitrogens with zero attached hydrogens (tertiary/aromatic N) is 4. The second-order valence-electron chi connectivity index (χ2n) is 4.47. The molecule has 0 atom stereocenters. The van der Waals surface area contributed by atoms with E-state index in [9.17, 15) is 4.79 Å². The van der Waals surface area contributed by atoms with E-state index >= 15 is 0 Å². The molecule has 2 aromatic rings. The van der Waals surface area contributed by atoms with Crippen LogP contribution in [0.2, 0.25) is 0 Å². The second-order valence-corrected chi connectivity index (χ2v) is 4.47. The molecule has 0 saturated heterocycles. The van der Waals surface area contributed by atoms with Crippen molar-refractivity contribution >= 4 is 5.91 Å². The van der Waals surface area contributed by atoms with Gasteiger partial charge in [-0.15, -0.1) is 0 Å². The Morgan fingerprint density at radius 1 is 1.25 bits per heavy atom. The normalized spacial score (nSPS) is 9.85. The summed E-state index contributed by atoms with van der Waals surface area (Å²) >= 11 is 0. The highest BCUT2D eigenvalue weighted by atomic mass is 16.1. The van der Waals surface area contributed by atoms with Crippen LogP contribution in [0, 0.1) is 6.92 Å². The summed E-state index contributed by atoms with van der Waals surface area (Å²) in [5, 5.41) is 3.11. The molecular formula is C15H14N4O. The van der Waals surface area contributed by atoms with E-state index < -0.39 is 5.91 Å². The molecule has 0 unspecified atom stereocenters. The molecule has 0 aliphatic heterocycles. The van der Waals surface area contributed by atoms with Crippen LogP contribution in [0.15, 0.2) is 47.6 Å². The quantitative estimate of drug-likeness (QED) is 0.481. The van der Waals surface area contributed by atoms with E-state index in [1.165, 1.54) is 5.56 Å². The SMILES string of the molecule is Cc1cc(C(=O)N=[N+]=[N-])cc(CCc2ccccc2)n1. The van der Waals surface area contributed by atoms with Crippen molar-refractivity contribution < 1.29 is 4.79 Å². The molecule has 1 heterocycles. The maximum absolute atomic E-state index is 11.6. The van der Waals surface area contributed by atoms with E-state index in [0.29, 0.717) is 5.56 Å². The number of rotatable bonds is 4. The van der Waals surface area contributed by atoms with Gasteiger partial charge in [-0.1, -0.05) is 30.3 Å². The minimum atomic E-state index is -0.570. The van der Waals surface area contributed by atoms with Gasteiger partial charge in [0.05, 0.1) is 0 Å². The van der Waals surface area contributed by atoms with E-state index in [2.05, 4.69) is 27.1 Å². The van der Waals surface area contributed by atoms with Crippen LogP contribution in [0.5, 0.6) is 0 Å². The molecule has 0 radical (unpaired) electrons. The van der Waals surface area contributed by atoms with E-state index in [4.69, 9.17) is 5.53 Å². The van der Waals surface area contributed by atoms with Crippen LogP contribution in [0.1, 0.15) is 27.3 Å². The van der Waals surface area contributed by atoms with Crippen molar-refractivity contribution in [3.8, 4) is 0 Å². The van der Waals surface area contributed by atoms with Crippen LogP contribution in [0.25, 0.3) is 10.4 Å². The molecule has 1 aromatic carbocycles. The third-order valence-corrected chi connectivity index (χ3v) is 2.90. The number of hydrogen-bond donors (Lipinski definition) is 0. The van der Waals surface area contributed by atoms with E-state index in [-0.39, 0.29) is 0 Å². The van der Waals surface area contributed by atoms with Crippen molar-refractivity contribution in [3.05, 3.63) is 75.4 Å². The first kappa shape index (κ1) is 13.8. The fourth-order valence-electron chi connectivity index (χ4n) is 2.00. The van der Waals surface area contributed by atoms with E-state index in [0.717, 1.165) is 24.2 Å². The van der Waals surface area contributed by atoms with Gasteiger partial charge in [0.1, 0.15) is 0 Å². The third-order valence-electron chi connectivity index (χ3n) is 2.90. The van der Waals surface area contributed by atoms with E-state index in [1.807, 2.05) is 25.1 Å². The van der Waals surface area contributed by atoms with Crippen LogP contribution in [-0.4, -0.2) is 10.9 Å². The summed E-state index contributed by atoms with van der Waals surface area (Å²) in [5.41, 5.74) is 11.5. The third kappa shape index (κ3) is 3.67. The summed E-state index contributed by atoms with van der Waals surface area (Å²) in [5.74, 6) is -0.570. The number of carbonyl (C=O) groups excluding carboxylic acids is 1. The Kier molecular flexibility index (Phi) is 4.47. The summed E-state index contributed by atoms with van der Waals surface area (Å²) in [6, 6.07) is 13.4. The van der Waals surface area contributed by atoms with E-state index in [1.54, 1.807) is 12.1 Å². The second kappa shape index (κ2) is 6.50. The van der Waals surface area contributed by atoms with Gasteiger partial charge in [-0.2, -0.15) is 0 Å². The number of aromatic nitrogens is 1. The number of benzene rings is 1. The lowest BCUT2D eigenvalue weighted by Crippen LogP contribution is -2.01. The Balaban J connectivity index is 2.16. The van der Waals surface area contributed by atoms with Crippen LogP contribution < -0.4 is 0 Å². The first-order valence-electron chi connectivity index (χ1n) is 6.30. The Hall–Kier alpha value is -2.65. The number of azide groups is 1. The lowest BCUT2D eigenvalue weighted by Gasteiger charge is -2.05. The molecule has 0 N–H and O–H groups in total. The van der Waals surface area contributed by atoms with Gasteiger partial charge >= 0.3 is 0 Å². The summed E-state index contributed by atoms with van der Waals surface area (Å²) in [7, 11) is 0. The minimum absolute atomic E-state index is 0.387. The Bertz CT molecular complexity index is 661. The van der Waals surface area contributed by atoms with Gasteiger partial charge in [-0.05, 0) is 48.1 Å². The van der Waals surface area contributed by atoms with Crippen LogP contribution in [-0.2, 0) is 12.8 Å². The molecule has 0 aliphatic rings. The topological polar surface area (TPSA) is 78.7 Å². The van der Waals surface area contributed by atoms with Crippen LogP contribution >= 0.6 is 0 Å². The number of pyridine rings is 1. The van der Waals surface area contributed by atoms with Crippen molar-refractivity contribution in [2.45, 2.75) is 19.8 Å². The lowest BCUT2D eigenvalue weighted by molar-refractivity contribution is 0.1000. The molecule has 20 heavy (non-hydrogen) atoms. The molecule has 0 fully saturated rings. The Labute approximate surface area is 116 Å². The van der Waals surface area contributed by atoms with Crippen LogP contribution in [0.3, 0.4) is 0 Å². The van der Waals surface area contributed by atoms with Gasteiger partial charge in [0.15, 0.2) is 0 Å². The first-order chi connectivity index (χ1) is 9.69.